The van der Waals surface area contributed by atoms with Gasteiger partial charge in [0.15, 0.2) is 0 Å². The Kier molecular flexibility index (Phi) is 2.39. The zero-order valence-corrected chi connectivity index (χ0v) is 8.56. The Balaban J connectivity index is 2.75. The largest absolute Gasteiger partial charge is 0.317 e. The number of thiophene rings is 1. The molecular formula is C10H8N2O2S. The van der Waals surface area contributed by atoms with Crippen molar-refractivity contribution in [1.82, 2.24) is 9.97 Å². The molecule has 0 fully saturated rings. The van der Waals surface area contributed by atoms with Crippen LogP contribution in [-0.2, 0) is 0 Å². The first-order chi connectivity index (χ1) is 7.16. The van der Waals surface area contributed by atoms with Crippen LogP contribution in [0.15, 0.2) is 26.4 Å². The predicted molar refractivity (Wildman–Crippen MR) is 60.3 cm³/mol. The second-order valence-electron chi connectivity index (χ2n) is 3.00. The van der Waals surface area contributed by atoms with E-state index < -0.39 is 0 Å². The first kappa shape index (κ1) is 9.67. The van der Waals surface area contributed by atoms with Crippen LogP contribution in [0.4, 0.5) is 0 Å². The van der Waals surface area contributed by atoms with Crippen LogP contribution in [0, 0.1) is 0 Å². The minimum Gasteiger partial charge on any atom is -0.317 e. The molecule has 76 valence electrons. The van der Waals surface area contributed by atoms with E-state index in [-0.39, 0.29) is 21.8 Å². The minimum atomic E-state index is -0.379. The molecule has 0 amide bonds. The van der Waals surface area contributed by atoms with Crippen molar-refractivity contribution in [3.8, 4) is 0 Å². The molecule has 5 heteroatoms. The summed E-state index contributed by atoms with van der Waals surface area (Å²) in [5, 5.41) is 4.09. The Morgan fingerprint density at radius 2 is 2.07 bits per heavy atom. The predicted octanol–water partition coefficient (Wildman–Crippen LogP) is -0.636. The molecule has 0 atom stereocenters. The maximum Gasteiger partial charge on any atom is 0.272 e. The molecule has 2 aromatic rings. The highest BCUT2D eigenvalue weighted by atomic mass is 32.1. The van der Waals surface area contributed by atoms with Gasteiger partial charge in [0, 0.05) is 0 Å². The number of aromatic nitrogens is 2. The lowest BCUT2D eigenvalue weighted by atomic mass is 10.3. The van der Waals surface area contributed by atoms with Gasteiger partial charge in [-0.15, -0.1) is 0 Å². The van der Waals surface area contributed by atoms with Crippen molar-refractivity contribution in [2.45, 2.75) is 0 Å². The van der Waals surface area contributed by atoms with E-state index >= 15 is 0 Å². The Hall–Kier alpha value is -1.88. The molecule has 15 heavy (non-hydrogen) atoms. The molecule has 0 aliphatic heterocycles. The molecule has 0 saturated heterocycles. The summed E-state index contributed by atoms with van der Waals surface area (Å²) in [4.78, 5) is 27.5. The van der Waals surface area contributed by atoms with E-state index in [1.165, 1.54) is 11.3 Å². The van der Waals surface area contributed by atoms with E-state index in [4.69, 9.17) is 0 Å². The van der Waals surface area contributed by atoms with E-state index in [1.54, 1.807) is 6.08 Å². The van der Waals surface area contributed by atoms with E-state index in [0.29, 0.717) is 0 Å². The van der Waals surface area contributed by atoms with Gasteiger partial charge < -0.3 is 9.97 Å². The lowest BCUT2D eigenvalue weighted by Gasteiger charge is -1.87. The zero-order valence-electron chi connectivity index (χ0n) is 7.74. The number of aromatic amines is 2. The summed E-state index contributed by atoms with van der Waals surface area (Å²) in [5.74, 6) is 0. The van der Waals surface area contributed by atoms with Gasteiger partial charge in [-0.05, 0) is 28.5 Å². The van der Waals surface area contributed by atoms with Gasteiger partial charge in [-0.2, -0.15) is 11.3 Å². The molecular weight excluding hydrogens is 212 g/mol. The van der Waals surface area contributed by atoms with Gasteiger partial charge >= 0.3 is 0 Å². The fourth-order valence-electron chi connectivity index (χ4n) is 1.14. The fourth-order valence-corrected chi connectivity index (χ4v) is 1.76. The molecule has 2 N–H and O–H groups in total. The number of rotatable bonds is 1. The number of hydrogen-bond donors (Lipinski definition) is 2. The Bertz CT molecular complexity index is 679. The molecule has 2 heterocycles. The summed E-state index contributed by atoms with van der Waals surface area (Å²) in [6.45, 7) is 3.41. The van der Waals surface area contributed by atoms with E-state index in [0.717, 1.165) is 5.56 Å². The van der Waals surface area contributed by atoms with Gasteiger partial charge in [0.05, 0.1) is 5.35 Å². The van der Waals surface area contributed by atoms with Crippen molar-refractivity contribution in [3.63, 3.8) is 0 Å². The SMILES string of the molecule is C=c1[nH]c(=O)/c(=C/c2ccsc2)[nH]c1=O. The summed E-state index contributed by atoms with van der Waals surface area (Å²) < 4.78 is 0. The molecule has 4 nitrogen and oxygen atoms in total. The average molecular weight is 220 g/mol. The van der Waals surface area contributed by atoms with Crippen LogP contribution in [0.3, 0.4) is 0 Å². The van der Waals surface area contributed by atoms with Crippen molar-refractivity contribution in [3.05, 3.63) is 53.8 Å². The summed E-state index contributed by atoms with van der Waals surface area (Å²) in [6, 6.07) is 1.86. The first-order valence-corrected chi connectivity index (χ1v) is 5.16. The van der Waals surface area contributed by atoms with E-state index in [9.17, 15) is 9.59 Å². The van der Waals surface area contributed by atoms with Crippen LogP contribution in [-0.4, -0.2) is 9.97 Å². The average Bonchev–Trinajstić information content (AvgIpc) is 2.67. The van der Waals surface area contributed by atoms with Gasteiger partial charge in [0.1, 0.15) is 5.35 Å². The van der Waals surface area contributed by atoms with Crippen molar-refractivity contribution >= 4 is 24.0 Å². The Morgan fingerprint density at radius 1 is 1.27 bits per heavy atom. The number of H-pyrrole nitrogens is 2. The maximum atomic E-state index is 11.4. The number of hydrogen-bond acceptors (Lipinski definition) is 3. The monoisotopic (exact) mass is 220 g/mol. The molecule has 0 unspecified atom stereocenters. The second-order valence-corrected chi connectivity index (χ2v) is 3.78. The lowest BCUT2D eigenvalue weighted by Crippen LogP contribution is -2.46. The van der Waals surface area contributed by atoms with Gasteiger partial charge in [0.25, 0.3) is 11.1 Å². The molecule has 0 aliphatic carbocycles. The van der Waals surface area contributed by atoms with Crippen LogP contribution >= 0.6 is 11.3 Å². The first-order valence-electron chi connectivity index (χ1n) is 4.22. The van der Waals surface area contributed by atoms with Crippen LogP contribution in [0.25, 0.3) is 12.7 Å². The van der Waals surface area contributed by atoms with Crippen molar-refractivity contribution < 1.29 is 0 Å². The van der Waals surface area contributed by atoms with Gasteiger partial charge in [-0.3, -0.25) is 9.59 Å². The summed E-state index contributed by atoms with van der Waals surface area (Å²) in [6.07, 6.45) is 1.62. The highest BCUT2D eigenvalue weighted by Crippen LogP contribution is 2.04. The third-order valence-corrected chi connectivity index (χ3v) is 2.59. The minimum absolute atomic E-state index is 0.0717. The normalized spacial score (nSPS) is 11.9. The molecule has 0 radical (unpaired) electrons. The molecule has 2 aromatic heterocycles. The lowest BCUT2D eigenvalue weighted by molar-refractivity contribution is 1.01. The number of nitrogens with one attached hydrogen (secondary N) is 2. The molecule has 0 saturated carbocycles. The zero-order chi connectivity index (χ0) is 10.8. The van der Waals surface area contributed by atoms with Crippen LogP contribution in [0.2, 0.25) is 0 Å². The summed E-state index contributed by atoms with van der Waals surface area (Å²) >= 11 is 1.52. The summed E-state index contributed by atoms with van der Waals surface area (Å²) in [5.41, 5.74) is 0.167. The van der Waals surface area contributed by atoms with Crippen LogP contribution < -0.4 is 21.8 Å². The molecule has 0 aliphatic rings. The quantitative estimate of drug-likeness (QED) is 0.671. The van der Waals surface area contributed by atoms with Gasteiger partial charge in [-0.25, -0.2) is 0 Å². The summed E-state index contributed by atoms with van der Waals surface area (Å²) in [7, 11) is 0. The van der Waals surface area contributed by atoms with Gasteiger partial charge in [-0.1, -0.05) is 6.58 Å². The van der Waals surface area contributed by atoms with Crippen molar-refractivity contribution in [2.24, 2.45) is 0 Å². The second kappa shape index (κ2) is 3.70. The third-order valence-electron chi connectivity index (χ3n) is 1.89. The smallest absolute Gasteiger partial charge is 0.272 e. The Labute approximate surface area is 88.2 Å². The molecule has 0 spiro atoms. The van der Waals surface area contributed by atoms with Crippen molar-refractivity contribution in [2.75, 3.05) is 0 Å². The van der Waals surface area contributed by atoms with E-state index in [1.807, 2.05) is 16.8 Å². The van der Waals surface area contributed by atoms with Crippen LogP contribution in [0.1, 0.15) is 5.56 Å². The fraction of sp³-hybridized carbons (Fsp3) is 0. The standard InChI is InChI=1S/C10H8N2O2S/c1-6-9(13)12-8(10(14)11-6)4-7-2-3-15-5-7/h2-5H,1H2,(H,11,14)(H,12,13)/b8-4-. The maximum absolute atomic E-state index is 11.4. The molecule has 0 aromatic carbocycles. The van der Waals surface area contributed by atoms with Crippen LogP contribution in [0.5, 0.6) is 0 Å². The van der Waals surface area contributed by atoms with E-state index in [2.05, 4.69) is 16.5 Å². The third kappa shape index (κ3) is 1.97. The highest BCUT2D eigenvalue weighted by molar-refractivity contribution is 7.08. The van der Waals surface area contributed by atoms with Crippen molar-refractivity contribution in [1.29, 1.82) is 0 Å². The van der Waals surface area contributed by atoms with Gasteiger partial charge in [0.2, 0.25) is 0 Å². The topological polar surface area (TPSA) is 65.7 Å². The Morgan fingerprint density at radius 3 is 2.73 bits per heavy atom. The molecule has 0 bridgehead atoms. The molecule has 2 rings (SSSR count). The highest BCUT2D eigenvalue weighted by Gasteiger charge is 1.93.